The Morgan fingerprint density at radius 2 is 2.19 bits per heavy atom. The zero-order valence-electron chi connectivity index (χ0n) is 10.3. The third kappa shape index (κ3) is 3.63. The van der Waals surface area contributed by atoms with Gasteiger partial charge in [0.2, 0.25) is 5.82 Å². The molecular weight excluding hydrogens is 311 g/mol. The number of aromatic nitrogens is 3. The maximum Gasteiger partial charge on any atom is 0.288 e. The van der Waals surface area contributed by atoms with Crippen LogP contribution in [0.4, 0.5) is 0 Å². The minimum Gasteiger partial charge on any atom is -0.790 e. The van der Waals surface area contributed by atoms with Gasteiger partial charge in [0, 0.05) is 0 Å². The van der Waals surface area contributed by atoms with Crippen LogP contribution in [0.25, 0.3) is 0 Å². The zero-order chi connectivity index (χ0) is 15.8. The van der Waals surface area contributed by atoms with Crippen molar-refractivity contribution in [3.8, 4) is 0 Å². The van der Waals surface area contributed by atoms with Gasteiger partial charge in [-0.2, -0.15) is 0 Å². The number of nitrogens with zero attached hydrogens (tertiary/aromatic N) is 3. The van der Waals surface area contributed by atoms with Crippen LogP contribution >= 0.6 is 7.82 Å². The summed E-state index contributed by atoms with van der Waals surface area (Å²) in [5, 5.41) is 23.1. The lowest BCUT2D eigenvalue weighted by Gasteiger charge is -2.30. The molecule has 1 aromatic heterocycles. The van der Waals surface area contributed by atoms with Crippen LogP contribution in [0.5, 0.6) is 0 Å². The van der Waals surface area contributed by atoms with Crippen molar-refractivity contribution in [1.82, 2.24) is 14.8 Å². The van der Waals surface area contributed by atoms with Crippen LogP contribution in [0.2, 0.25) is 0 Å². The van der Waals surface area contributed by atoms with Gasteiger partial charge in [0.15, 0.2) is 6.23 Å². The van der Waals surface area contributed by atoms with E-state index in [0.717, 1.165) is 11.0 Å². The Morgan fingerprint density at radius 3 is 2.71 bits per heavy atom. The van der Waals surface area contributed by atoms with Gasteiger partial charge in [0.1, 0.15) is 24.6 Å². The van der Waals surface area contributed by atoms with Crippen molar-refractivity contribution in [1.29, 1.82) is 0 Å². The lowest BCUT2D eigenvalue weighted by molar-refractivity contribution is -0.343. The number of rotatable bonds is 5. The molecule has 0 radical (unpaired) electrons. The minimum absolute atomic E-state index is 0.330. The van der Waals surface area contributed by atoms with Crippen LogP contribution in [0.1, 0.15) is 16.8 Å². The number of nitrogens with two attached hydrogens (primary N) is 1. The molecule has 2 heterocycles. The van der Waals surface area contributed by atoms with Crippen LogP contribution < -0.4 is 15.5 Å². The van der Waals surface area contributed by atoms with Crippen molar-refractivity contribution in [2.45, 2.75) is 24.5 Å². The molecule has 0 aromatic carbocycles. The summed E-state index contributed by atoms with van der Waals surface area (Å²) < 4.78 is 20.4. The Kier molecular flexibility index (Phi) is 4.39. The Labute approximate surface area is 117 Å². The highest BCUT2D eigenvalue weighted by atomic mass is 31.2. The van der Waals surface area contributed by atoms with Crippen molar-refractivity contribution in [3.63, 3.8) is 0 Å². The van der Waals surface area contributed by atoms with Crippen LogP contribution in [0.15, 0.2) is 6.33 Å². The number of hydrogen-bond acceptors (Lipinski definition) is 10. The summed E-state index contributed by atoms with van der Waals surface area (Å²) in [7, 11) is -5.23. The number of phosphoric ester groups is 1. The summed E-state index contributed by atoms with van der Waals surface area (Å²) in [6, 6.07) is 0. The monoisotopic (exact) mass is 322 g/mol. The molecule has 0 aliphatic carbocycles. The Balaban J connectivity index is 2.08. The molecule has 4 atom stereocenters. The summed E-state index contributed by atoms with van der Waals surface area (Å²) in [6.45, 7) is -0.767. The molecule has 21 heavy (non-hydrogen) atoms. The molecule has 1 aliphatic rings. The first-order chi connectivity index (χ1) is 9.69. The second kappa shape index (κ2) is 5.77. The van der Waals surface area contributed by atoms with Crippen LogP contribution in [-0.2, 0) is 13.8 Å². The molecule has 12 nitrogen and oxygen atoms in total. The van der Waals surface area contributed by atoms with Crippen LogP contribution in [-0.4, -0.2) is 55.8 Å². The summed E-state index contributed by atoms with van der Waals surface area (Å²) in [5.74, 6) is -1.23. The number of ether oxygens (including phenoxy) is 1. The second-order valence-corrected chi connectivity index (χ2v) is 5.35. The highest BCUT2D eigenvalue weighted by molar-refractivity contribution is 7.43. The van der Waals surface area contributed by atoms with E-state index in [-0.39, 0.29) is 5.82 Å². The van der Waals surface area contributed by atoms with Crippen LogP contribution in [0.3, 0.4) is 0 Å². The fraction of sp³-hybridized carbons (Fsp3) is 0.625. The van der Waals surface area contributed by atoms with E-state index in [0.29, 0.717) is 0 Å². The maximum atomic E-state index is 10.9. The number of aliphatic hydroxyl groups is 2. The fourth-order valence-electron chi connectivity index (χ4n) is 1.76. The second-order valence-electron chi connectivity index (χ2n) is 4.20. The van der Waals surface area contributed by atoms with Gasteiger partial charge in [-0.05, 0) is 0 Å². The van der Waals surface area contributed by atoms with Crippen molar-refractivity contribution >= 4 is 13.7 Å². The molecule has 0 unspecified atom stereocenters. The van der Waals surface area contributed by atoms with Gasteiger partial charge in [-0.1, -0.05) is 0 Å². The van der Waals surface area contributed by atoms with Crippen molar-refractivity contribution < 1.29 is 38.6 Å². The molecule has 0 bridgehead atoms. The Morgan fingerprint density at radius 1 is 1.52 bits per heavy atom. The fourth-order valence-corrected chi connectivity index (χ4v) is 2.09. The minimum atomic E-state index is -5.23. The largest absolute Gasteiger partial charge is 0.790 e. The van der Waals surface area contributed by atoms with E-state index in [1.54, 1.807) is 0 Å². The number of amides is 1. The normalized spacial score (nSPS) is 29.7. The number of carbonyl (C=O) groups is 1. The molecule has 1 saturated heterocycles. The predicted octanol–water partition coefficient (Wildman–Crippen LogP) is -4.16. The lowest BCUT2D eigenvalue weighted by atomic mass is 10.1. The third-order valence-corrected chi connectivity index (χ3v) is 3.19. The third-order valence-electron chi connectivity index (χ3n) is 2.72. The zero-order valence-corrected chi connectivity index (χ0v) is 11.2. The van der Waals surface area contributed by atoms with E-state index >= 15 is 0 Å². The molecule has 1 amide bonds. The van der Waals surface area contributed by atoms with Gasteiger partial charge in [-0.3, -0.25) is 4.79 Å². The van der Waals surface area contributed by atoms with Gasteiger partial charge in [-0.15, -0.1) is 5.10 Å². The van der Waals surface area contributed by atoms with Gasteiger partial charge >= 0.3 is 0 Å². The van der Waals surface area contributed by atoms with Gasteiger partial charge in [0.25, 0.3) is 5.91 Å². The summed E-state index contributed by atoms with van der Waals surface area (Å²) in [4.78, 5) is 35.2. The number of phosphoric acid groups is 1. The van der Waals surface area contributed by atoms with Crippen molar-refractivity contribution in [2.24, 2.45) is 5.73 Å². The average Bonchev–Trinajstić information content (AvgIpc) is 2.94. The van der Waals surface area contributed by atoms with E-state index in [1.165, 1.54) is 0 Å². The molecule has 2 rings (SSSR count). The SMILES string of the molecule is NC(=O)c1ncn([C@@H]2O[C@H](COP(=O)([O-])[O-])[C@@H](O)[C@H]2O)n1. The molecule has 1 aliphatic heterocycles. The molecule has 13 heteroatoms. The van der Waals surface area contributed by atoms with Gasteiger partial charge in [0.05, 0.1) is 14.4 Å². The van der Waals surface area contributed by atoms with E-state index in [9.17, 15) is 29.4 Å². The molecule has 1 aromatic rings. The summed E-state index contributed by atoms with van der Waals surface area (Å²) >= 11 is 0. The molecular formula is C8H11N4O8P-2. The number of hydrogen-bond donors (Lipinski definition) is 3. The first-order valence-corrected chi connectivity index (χ1v) is 7.04. The van der Waals surface area contributed by atoms with Crippen molar-refractivity contribution in [3.05, 3.63) is 12.2 Å². The highest BCUT2D eigenvalue weighted by Gasteiger charge is 2.44. The number of carbonyl (C=O) groups excluding carboxylic acids is 1. The summed E-state index contributed by atoms with van der Waals surface area (Å²) in [6.07, 6.45) is -4.51. The van der Waals surface area contributed by atoms with Gasteiger partial charge < -0.3 is 39.6 Å². The van der Waals surface area contributed by atoms with E-state index in [2.05, 4.69) is 14.6 Å². The standard InChI is InChI=1S/C8H13N4O8P/c9-6(15)7-10-2-12(11-7)8-5(14)4(13)3(20-8)1-19-21(16,17)18/h2-5,8,13-14H,1H2,(H2,9,15)(H2,16,17,18)/p-2/t3-,4-,5-,8-/m1/s1. The predicted molar refractivity (Wildman–Crippen MR) is 58.0 cm³/mol. The molecule has 118 valence electrons. The highest BCUT2D eigenvalue weighted by Crippen LogP contribution is 2.32. The van der Waals surface area contributed by atoms with Crippen LogP contribution in [0, 0.1) is 0 Å². The van der Waals surface area contributed by atoms with E-state index in [4.69, 9.17) is 10.5 Å². The Bertz CT molecular complexity index is 572. The quantitative estimate of drug-likeness (QED) is 0.447. The molecule has 4 N–H and O–H groups in total. The number of aliphatic hydroxyl groups excluding tert-OH is 2. The smallest absolute Gasteiger partial charge is 0.288 e. The van der Waals surface area contributed by atoms with Gasteiger partial charge in [-0.25, -0.2) is 9.67 Å². The van der Waals surface area contributed by atoms with E-state index < -0.39 is 44.9 Å². The lowest BCUT2D eigenvalue weighted by Crippen LogP contribution is -2.34. The average molecular weight is 322 g/mol. The molecule has 0 spiro atoms. The number of primary amides is 1. The van der Waals surface area contributed by atoms with E-state index in [1.807, 2.05) is 0 Å². The first kappa shape index (κ1) is 16.0. The topological polar surface area (TPSA) is 196 Å². The molecule has 0 saturated carbocycles. The Hall–Kier alpha value is -1.40. The van der Waals surface area contributed by atoms with Crippen molar-refractivity contribution in [2.75, 3.05) is 6.61 Å². The first-order valence-electron chi connectivity index (χ1n) is 5.58. The molecule has 1 fully saturated rings. The summed E-state index contributed by atoms with van der Waals surface area (Å²) in [5.41, 5.74) is 4.96. The maximum absolute atomic E-state index is 10.9.